The maximum atomic E-state index is 5.81. The van der Waals surface area contributed by atoms with Gasteiger partial charge in [0.1, 0.15) is 0 Å². The molecule has 0 saturated carbocycles. The van der Waals surface area contributed by atoms with Crippen LogP contribution in [0.4, 0.5) is 0 Å². The van der Waals surface area contributed by atoms with E-state index in [1.54, 1.807) is 0 Å². The highest BCUT2D eigenvalue weighted by Crippen LogP contribution is 2.57. The molecule has 2 atom stereocenters. The molecule has 0 radical (unpaired) electrons. The van der Waals surface area contributed by atoms with Crippen LogP contribution in [0.5, 0.6) is 0 Å². The molecule has 1 saturated heterocycles. The van der Waals surface area contributed by atoms with E-state index in [0.29, 0.717) is 5.41 Å². The third kappa shape index (κ3) is 0.601. The van der Waals surface area contributed by atoms with E-state index < -0.39 is 0 Å². The van der Waals surface area contributed by atoms with Crippen molar-refractivity contribution in [3.63, 3.8) is 0 Å². The molecule has 0 aromatic rings. The van der Waals surface area contributed by atoms with Crippen LogP contribution in [0.3, 0.4) is 0 Å². The van der Waals surface area contributed by atoms with E-state index in [0.717, 1.165) is 13.0 Å². The lowest BCUT2D eigenvalue weighted by Gasteiger charge is -2.60. The Morgan fingerprint density at radius 3 is 2.75 bits per heavy atom. The highest BCUT2D eigenvalue weighted by atomic mass is 16.5. The highest BCUT2D eigenvalue weighted by molar-refractivity contribution is 5.26. The topological polar surface area (TPSA) is 9.23 Å². The second kappa shape index (κ2) is 2.02. The fourth-order valence-corrected chi connectivity index (χ4v) is 2.85. The van der Waals surface area contributed by atoms with Crippen LogP contribution in [0.2, 0.25) is 0 Å². The molecule has 0 aromatic carbocycles. The monoisotopic (exact) mass is 162 g/mol. The SMILES string of the molecule is C1=C[C@]23CC=CC[C@@]2(CC1)OC3. The van der Waals surface area contributed by atoms with Gasteiger partial charge >= 0.3 is 0 Å². The maximum absolute atomic E-state index is 5.81. The number of allylic oxidation sites excluding steroid dienone is 2. The van der Waals surface area contributed by atoms with Gasteiger partial charge in [0.05, 0.1) is 12.2 Å². The first-order valence-electron chi connectivity index (χ1n) is 4.84. The second-order valence-corrected chi connectivity index (χ2v) is 4.26. The molecule has 1 heterocycles. The number of ether oxygens (including phenoxy) is 1. The van der Waals surface area contributed by atoms with Gasteiger partial charge < -0.3 is 4.74 Å². The standard InChI is InChI=1S/C11H14O/c1-3-7-11-8-4-2-6-10(11,5-1)9-12-11/h1-3,6H,4-5,7-9H2/t10-,11-/m0/s1. The molecule has 3 rings (SSSR count). The number of hydrogen-bond acceptors (Lipinski definition) is 1. The molecule has 1 nitrogen and oxygen atoms in total. The molecular weight excluding hydrogens is 148 g/mol. The predicted octanol–water partition coefficient (Wildman–Crippen LogP) is 2.44. The largest absolute Gasteiger partial charge is 0.373 e. The first-order valence-corrected chi connectivity index (χ1v) is 4.84. The lowest BCUT2D eigenvalue weighted by Crippen LogP contribution is -2.63. The normalized spacial score (nSPS) is 49.3. The van der Waals surface area contributed by atoms with Gasteiger partial charge in [-0.3, -0.25) is 0 Å². The molecule has 0 amide bonds. The van der Waals surface area contributed by atoms with Crippen LogP contribution in [0, 0.1) is 5.41 Å². The lowest BCUT2D eigenvalue weighted by molar-refractivity contribution is -0.252. The van der Waals surface area contributed by atoms with Crippen LogP contribution in [0.1, 0.15) is 25.7 Å². The van der Waals surface area contributed by atoms with Gasteiger partial charge in [0, 0.05) is 5.41 Å². The van der Waals surface area contributed by atoms with E-state index in [1.807, 2.05) is 0 Å². The van der Waals surface area contributed by atoms with Crippen LogP contribution >= 0.6 is 0 Å². The molecule has 0 N–H and O–H groups in total. The molecule has 2 aliphatic carbocycles. The predicted molar refractivity (Wildman–Crippen MR) is 47.9 cm³/mol. The Morgan fingerprint density at radius 1 is 1.08 bits per heavy atom. The van der Waals surface area contributed by atoms with Gasteiger partial charge in [-0.25, -0.2) is 0 Å². The van der Waals surface area contributed by atoms with Crippen molar-refractivity contribution in [3.8, 4) is 0 Å². The van der Waals surface area contributed by atoms with Gasteiger partial charge in [0.25, 0.3) is 0 Å². The molecule has 1 aliphatic heterocycles. The van der Waals surface area contributed by atoms with Gasteiger partial charge in [-0.05, 0) is 25.7 Å². The summed E-state index contributed by atoms with van der Waals surface area (Å²) in [6.07, 6.45) is 14.1. The van der Waals surface area contributed by atoms with E-state index in [2.05, 4.69) is 24.3 Å². The Bertz CT molecular complexity index is 266. The molecule has 0 aromatic heterocycles. The van der Waals surface area contributed by atoms with Crippen LogP contribution in [-0.2, 0) is 4.74 Å². The smallest absolute Gasteiger partial charge is 0.0835 e. The van der Waals surface area contributed by atoms with E-state index in [9.17, 15) is 0 Å². The summed E-state index contributed by atoms with van der Waals surface area (Å²) in [6.45, 7) is 0.952. The number of rotatable bonds is 0. The van der Waals surface area contributed by atoms with Crippen molar-refractivity contribution in [1.29, 1.82) is 0 Å². The summed E-state index contributed by atoms with van der Waals surface area (Å²) in [6, 6.07) is 0. The Balaban J connectivity index is 2.06. The molecule has 12 heavy (non-hydrogen) atoms. The minimum atomic E-state index is 0.219. The van der Waals surface area contributed by atoms with Crippen molar-refractivity contribution < 1.29 is 4.74 Å². The van der Waals surface area contributed by atoms with E-state index in [4.69, 9.17) is 4.74 Å². The Labute approximate surface area is 73.1 Å². The Morgan fingerprint density at radius 2 is 2.00 bits per heavy atom. The zero-order valence-electron chi connectivity index (χ0n) is 7.25. The van der Waals surface area contributed by atoms with E-state index in [-0.39, 0.29) is 5.60 Å². The third-order valence-corrected chi connectivity index (χ3v) is 3.76. The minimum Gasteiger partial charge on any atom is -0.373 e. The van der Waals surface area contributed by atoms with Crippen molar-refractivity contribution in [2.24, 2.45) is 5.41 Å². The summed E-state index contributed by atoms with van der Waals surface area (Å²) in [5.74, 6) is 0. The van der Waals surface area contributed by atoms with Gasteiger partial charge in [-0.2, -0.15) is 0 Å². The molecule has 3 aliphatic rings. The molecule has 0 spiro atoms. The average Bonchev–Trinajstić information content (AvgIpc) is 2.09. The summed E-state index contributed by atoms with van der Waals surface area (Å²) in [7, 11) is 0. The summed E-state index contributed by atoms with van der Waals surface area (Å²) in [4.78, 5) is 0. The second-order valence-electron chi connectivity index (χ2n) is 4.26. The molecule has 0 bridgehead atoms. The molecular formula is C11H14O. The first kappa shape index (κ1) is 6.90. The van der Waals surface area contributed by atoms with Crippen molar-refractivity contribution in [1.82, 2.24) is 0 Å². The van der Waals surface area contributed by atoms with Crippen molar-refractivity contribution in [2.45, 2.75) is 31.3 Å². The van der Waals surface area contributed by atoms with E-state index in [1.165, 1.54) is 19.3 Å². The zero-order chi connectivity index (χ0) is 8.07. The summed E-state index contributed by atoms with van der Waals surface area (Å²) >= 11 is 0. The van der Waals surface area contributed by atoms with Crippen LogP contribution in [0.25, 0.3) is 0 Å². The molecule has 64 valence electrons. The van der Waals surface area contributed by atoms with Gasteiger partial charge in [0.2, 0.25) is 0 Å². The van der Waals surface area contributed by atoms with Gasteiger partial charge in [0.15, 0.2) is 0 Å². The van der Waals surface area contributed by atoms with Crippen molar-refractivity contribution >= 4 is 0 Å². The average molecular weight is 162 g/mol. The van der Waals surface area contributed by atoms with Crippen LogP contribution in [-0.4, -0.2) is 12.2 Å². The summed E-state index contributed by atoms with van der Waals surface area (Å²) < 4.78 is 5.81. The number of hydrogen-bond donors (Lipinski definition) is 0. The quantitative estimate of drug-likeness (QED) is 0.497. The van der Waals surface area contributed by atoms with Crippen LogP contribution in [0.15, 0.2) is 24.3 Å². The van der Waals surface area contributed by atoms with Gasteiger partial charge in [-0.1, -0.05) is 24.3 Å². The van der Waals surface area contributed by atoms with E-state index >= 15 is 0 Å². The van der Waals surface area contributed by atoms with Crippen LogP contribution < -0.4 is 0 Å². The Hall–Kier alpha value is -0.560. The van der Waals surface area contributed by atoms with Gasteiger partial charge in [-0.15, -0.1) is 0 Å². The molecule has 0 unspecified atom stereocenters. The fraction of sp³-hybridized carbons (Fsp3) is 0.636. The molecule has 1 heteroatoms. The first-order chi connectivity index (χ1) is 5.87. The van der Waals surface area contributed by atoms with Crippen molar-refractivity contribution in [2.75, 3.05) is 6.61 Å². The summed E-state index contributed by atoms with van der Waals surface area (Å²) in [5.41, 5.74) is 0.622. The highest BCUT2D eigenvalue weighted by Gasteiger charge is 2.59. The Kier molecular flexibility index (Phi) is 1.16. The maximum Gasteiger partial charge on any atom is 0.0835 e. The lowest BCUT2D eigenvalue weighted by atomic mass is 9.58. The molecule has 1 fully saturated rings. The fourth-order valence-electron chi connectivity index (χ4n) is 2.85. The third-order valence-electron chi connectivity index (χ3n) is 3.76. The van der Waals surface area contributed by atoms with Crippen molar-refractivity contribution in [3.05, 3.63) is 24.3 Å². The minimum absolute atomic E-state index is 0.219. The summed E-state index contributed by atoms with van der Waals surface area (Å²) in [5, 5.41) is 0. The zero-order valence-corrected chi connectivity index (χ0v) is 7.25.